The van der Waals surface area contributed by atoms with Crippen LogP contribution in [-0.4, -0.2) is 38.0 Å². The number of hydrogen-bond acceptors (Lipinski definition) is 3. The van der Waals surface area contributed by atoms with Crippen molar-refractivity contribution < 1.29 is 9.59 Å². The highest BCUT2D eigenvalue weighted by Crippen LogP contribution is 1.88. The molecule has 0 aromatic rings. The Morgan fingerprint density at radius 3 is 1.87 bits per heavy atom. The van der Waals surface area contributed by atoms with Crippen LogP contribution in [0, 0.1) is 5.92 Å². The van der Waals surface area contributed by atoms with Gasteiger partial charge in [-0.05, 0) is 14.0 Å². The molecule has 0 radical (unpaired) electrons. The maximum atomic E-state index is 11.3. The normalized spacial score (nSPS) is 12.3. The van der Waals surface area contributed by atoms with Gasteiger partial charge in [0, 0.05) is 19.0 Å². The van der Waals surface area contributed by atoms with Crippen LogP contribution in [-0.2, 0) is 9.59 Å². The van der Waals surface area contributed by atoms with Crippen LogP contribution in [0.5, 0.6) is 0 Å². The minimum absolute atomic E-state index is 0.00548. The van der Waals surface area contributed by atoms with E-state index in [1.54, 1.807) is 14.0 Å². The molecule has 0 saturated carbocycles. The Labute approximate surface area is 91.0 Å². The summed E-state index contributed by atoms with van der Waals surface area (Å²) in [5, 5.41) is 8.27. The SMILES string of the molecule is CNC(C)C(=O)NCCNC(=O)C(C)C. The molecule has 0 fully saturated rings. The van der Waals surface area contributed by atoms with Crippen LogP contribution >= 0.6 is 0 Å². The highest BCUT2D eigenvalue weighted by Gasteiger charge is 2.09. The molecule has 1 atom stereocenters. The molecule has 0 saturated heterocycles. The van der Waals surface area contributed by atoms with E-state index < -0.39 is 0 Å². The minimum Gasteiger partial charge on any atom is -0.354 e. The molecule has 0 rings (SSSR count). The van der Waals surface area contributed by atoms with E-state index in [4.69, 9.17) is 0 Å². The summed E-state index contributed by atoms with van der Waals surface area (Å²) in [4.78, 5) is 22.4. The maximum absolute atomic E-state index is 11.3. The van der Waals surface area contributed by atoms with E-state index in [0.717, 1.165) is 0 Å². The highest BCUT2D eigenvalue weighted by atomic mass is 16.2. The highest BCUT2D eigenvalue weighted by molar-refractivity contribution is 5.81. The molecule has 0 aliphatic heterocycles. The zero-order valence-corrected chi connectivity index (χ0v) is 9.89. The summed E-state index contributed by atoms with van der Waals surface area (Å²) in [7, 11) is 1.73. The first-order valence-corrected chi connectivity index (χ1v) is 5.21. The standard InChI is InChI=1S/C10H21N3O2/c1-7(2)9(14)12-5-6-13-10(15)8(3)11-4/h7-8,11H,5-6H2,1-4H3,(H,12,14)(H,13,15). The van der Waals surface area contributed by atoms with Crippen LogP contribution in [0.25, 0.3) is 0 Å². The summed E-state index contributed by atoms with van der Waals surface area (Å²) in [6.45, 7) is 6.37. The van der Waals surface area contributed by atoms with Crippen LogP contribution in [0.3, 0.4) is 0 Å². The fourth-order valence-corrected chi connectivity index (χ4v) is 0.860. The first-order valence-electron chi connectivity index (χ1n) is 5.21. The fraction of sp³-hybridized carbons (Fsp3) is 0.800. The Morgan fingerprint density at radius 2 is 1.47 bits per heavy atom. The molecule has 0 aromatic carbocycles. The number of likely N-dealkylation sites (N-methyl/N-ethyl adjacent to an activating group) is 1. The molecule has 5 nitrogen and oxygen atoms in total. The number of rotatable bonds is 6. The van der Waals surface area contributed by atoms with Gasteiger partial charge in [0.2, 0.25) is 11.8 Å². The Morgan fingerprint density at radius 1 is 1.00 bits per heavy atom. The van der Waals surface area contributed by atoms with E-state index in [1.165, 1.54) is 0 Å². The van der Waals surface area contributed by atoms with Gasteiger partial charge in [-0.15, -0.1) is 0 Å². The van der Waals surface area contributed by atoms with Crippen molar-refractivity contribution in [3.05, 3.63) is 0 Å². The number of carbonyl (C=O) groups is 2. The van der Waals surface area contributed by atoms with E-state index in [9.17, 15) is 9.59 Å². The van der Waals surface area contributed by atoms with E-state index in [2.05, 4.69) is 16.0 Å². The lowest BCUT2D eigenvalue weighted by molar-refractivity contribution is -0.125. The van der Waals surface area contributed by atoms with E-state index in [1.807, 2.05) is 13.8 Å². The first-order chi connectivity index (χ1) is 6.99. The number of carbonyl (C=O) groups excluding carboxylic acids is 2. The van der Waals surface area contributed by atoms with Crippen molar-refractivity contribution in [1.29, 1.82) is 0 Å². The molecule has 3 N–H and O–H groups in total. The zero-order chi connectivity index (χ0) is 11.8. The zero-order valence-electron chi connectivity index (χ0n) is 9.89. The summed E-state index contributed by atoms with van der Waals surface area (Å²) in [5.41, 5.74) is 0. The molecule has 0 aliphatic carbocycles. The van der Waals surface area contributed by atoms with Crippen molar-refractivity contribution in [2.45, 2.75) is 26.8 Å². The van der Waals surface area contributed by atoms with Crippen molar-refractivity contribution in [2.24, 2.45) is 5.92 Å². The average Bonchev–Trinajstić information content (AvgIpc) is 2.22. The van der Waals surface area contributed by atoms with E-state index >= 15 is 0 Å². The minimum atomic E-state index is -0.203. The van der Waals surface area contributed by atoms with Gasteiger partial charge in [-0.25, -0.2) is 0 Å². The van der Waals surface area contributed by atoms with Crippen LogP contribution in [0.15, 0.2) is 0 Å². The third-order valence-corrected chi connectivity index (χ3v) is 2.07. The Balaban J connectivity index is 3.55. The van der Waals surface area contributed by atoms with Gasteiger partial charge in [-0.2, -0.15) is 0 Å². The molecule has 0 aromatic heterocycles. The third kappa shape index (κ3) is 6.06. The van der Waals surface area contributed by atoms with Gasteiger partial charge in [0.15, 0.2) is 0 Å². The van der Waals surface area contributed by atoms with Crippen molar-refractivity contribution >= 4 is 11.8 Å². The second-order valence-corrected chi connectivity index (χ2v) is 3.75. The van der Waals surface area contributed by atoms with Gasteiger partial charge in [-0.3, -0.25) is 9.59 Å². The number of nitrogens with one attached hydrogen (secondary N) is 3. The van der Waals surface area contributed by atoms with Gasteiger partial charge in [0.1, 0.15) is 0 Å². The van der Waals surface area contributed by atoms with Crippen molar-refractivity contribution in [3.8, 4) is 0 Å². The molecular weight excluding hydrogens is 194 g/mol. The van der Waals surface area contributed by atoms with Gasteiger partial charge in [0.05, 0.1) is 6.04 Å². The largest absolute Gasteiger partial charge is 0.354 e. The first kappa shape index (κ1) is 13.9. The number of hydrogen-bond donors (Lipinski definition) is 3. The molecule has 1 unspecified atom stereocenters. The monoisotopic (exact) mass is 215 g/mol. The molecule has 5 heteroatoms. The van der Waals surface area contributed by atoms with Crippen LogP contribution in [0.1, 0.15) is 20.8 Å². The summed E-state index contributed by atoms with van der Waals surface area (Å²) in [5.74, 6) is -0.0702. The fourth-order valence-electron chi connectivity index (χ4n) is 0.860. The van der Waals surface area contributed by atoms with Crippen molar-refractivity contribution in [3.63, 3.8) is 0 Å². The Kier molecular flexibility index (Phi) is 6.70. The number of amides is 2. The molecule has 0 bridgehead atoms. The van der Waals surface area contributed by atoms with Gasteiger partial charge >= 0.3 is 0 Å². The molecule has 15 heavy (non-hydrogen) atoms. The summed E-state index contributed by atoms with van der Waals surface area (Å²) in [6.07, 6.45) is 0. The van der Waals surface area contributed by atoms with Crippen LogP contribution in [0.2, 0.25) is 0 Å². The smallest absolute Gasteiger partial charge is 0.236 e. The van der Waals surface area contributed by atoms with Gasteiger partial charge in [-0.1, -0.05) is 13.8 Å². The molecule has 0 spiro atoms. The van der Waals surface area contributed by atoms with Crippen LogP contribution < -0.4 is 16.0 Å². The predicted octanol–water partition coefficient (Wildman–Crippen LogP) is -0.517. The Hall–Kier alpha value is -1.10. The third-order valence-electron chi connectivity index (χ3n) is 2.07. The average molecular weight is 215 g/mol. The predicted molar refractivity (Wildman–Crippen MR) is 59.4 cm³/mol. The molecule has 88 valence electrons. The van der Waals surface area contributed by atoms with E-state index in [0.29, 0.717) is 13.1 Å². The molecule has 0 aliphatic rings. The lowest BCUT2D eigenvalue weighted by Crippen LogP contribution is -2.43. The van der Waals surface area contributed by atoms with Crippen molar-refractivity contribution in [1.82, 2.24) is 16.0 Å². The van der Waals surface area contributed by atoms with Gasteiger partial charge < -0.3 is 16.0 Å². The maximum Gasteiger partial charge on any atom is 0.236 e. The second kappa shape index (κ2) is 7.23. The molecular formula is C10H21N3O2. The second-order valence-electron chi connectivity index (χ2n) is 3.75. The Bertz CT molecular complexity index is 217. The lowest BCUT2D eigenvalue weighted by Gasteiger charge is -2.12. The van der Waals surface area contributed by atoms with Gasteiger partial charge in [0.25, 0.3) is 0 Å². The summed E-state index contributed by atoms with van der Waals surface area (Å²) in [6, 6.07) is -0.203. The molecule has 0 heterocycles. The lowest BCUT2D eigenvalue weighted by atomic mass is 10.2. The van der Waals surface area contributed by atoms with Crippen LogP contribution in [0.4, 0.5) is 0 Å². The van der Waals surface area contributed by atoms with E-state index in [-0.39, 0.29) is 23.8 Å². The summed E-state index contributed by atoms with van der Waals surface area (Å²) < 4.78 is 0. The van der Waals surface area contributed by atoms with Crippen molar-refractivity contribution in [2.75, 3.05) is 20.1 Å². The topological polar surface area (TPSA) is 70.2 Å². The quantitative estimate of drug-likeness (QED) is 0.522. The summed E-state index contributed by atoms with van der Waals surface area (Å²) >= 11 is 0. The molecule has 2 amide bonds.